The molecule has 7 nitrogen and oxygen atoms in total. The third kappa shape index (κ3) is 5.14. The first-order valence-electron chi connectivity index (χ1n) is 12.9. The van der Waals surface area contributed by atoms with Gasteiger partial charge in [-0.3, -0.25) is 4.68 Å². The van der Waals surface area contributed by atoms with E-state index in [0.717, 1.165) is 53.5 Å². The second-order valence-corrected chi connectivity index (χ2v) is 10.0. The van der Waals surface area contributed by atoms with Gasteiger partial charge in [0.15, 0.2) is 5.82 Å². The summed E-state index contributed by atoms with van der Waals surface area (Å²) >= 11 is 0. The van der Waals surface area contributed by atoms with Gasteiger partial charge in [-0.2, -0.15) is 5.10 Å². The molecule has 38 heavy (non-hydrogen) atoms. The number of halogens is 1. The Morgan fingerprint density at radius 1 is 1.18 bits per heavy atom. The van der Waals surface area contributed by atoms with Crippen LogP contribution in [0.2, 0.25) is 0 Å². The van der Waals surface area contributed by atoms with E-state index in [2.05, 4.69) is 17.0 Å². The minimum atomic E-state index is -0.762. The third-order valence-electron chi connectivity index (χ3n) is 7.55. The summed E-state index contributed by atoms with van der Waals surface area (Å²) in [6.07, 6.45) is 5.71. The van der Waals surface area contributed by atoms with E-state index in [9.17, 15) is 9.90 Å². The van der Waals surface area contributed by atoms with E-state index in [-0.39, 0.29) is 11.7 Å². The number of esters is 1. The van der Waals surface area contributed by atoms with Gasteiger partial charge in [-0.1, -0.05) is 30.3 Å². The van der Waals surface area contributed by atoms with Crippen LogP contribution in [-0.4, -0.2) is 59.2 Å². The quantitative estimate of drug-likeness (QED) is 0.218. The molecule has 0 amide bonds. The van der Waals surface area contributed by atoms with E-state index in [1.807, 2.05) is 53.4 Å². The number of nitrogens with zero attached hydrogens (tertiary/aromatic N) is 4. The zero-order valence-electron chi connectivity index (χ0n) is 22.0. The predicted octanol–water partition coefficient (Wildman–Crippen LogP) is 4.72. The molecule has 5 rings (SSSR count). The number of hydrogen-bond donors (Lipinski definition) is 1. The fourth-order valence-corrected chi connectivity index (χ4v) is 5.40. The first-order valence-corrected chi connectivity index (χ1v) is 12.9. The third-order valence-corrected chi connectivity index (χ3v) is 7.55. The summed E-state index contributed by atoms with van der Waals surface area (Å²) < 4.78 is 22.2. The van der Waals surface area contributed by atoms with Crippen molar-refractivity contribution in [2.75, 3.05) is 32.1 Å². The molecule has 1 unspecified atom stereocenters. The first-order chi connectivity index (χ1) is 18.4. The lowest BCUT2D eigenvalue weighted by atomic mass is 9.93. The highest BCUT2D eigenvalue weighted by molar-refractivity contribution is 5.99. The van der Waals surface area contributed by atoms with Gasteiger partial charge in [0.1, 0.15) is 11.7 Å². The number of ether oxygens (including phenoxy) is 1. The standard InChI is InChI=1S/C30H33FN4O3/c1-33-14-12-21(13-15-33)30(37)35(25-9-4-6-20(16-25)10-11-26(36)38-3)19-23-8-5-7-22-17-24-18-32-34(2)29(24)28(31)27(22)23/h4-11,16-18,21,30,37H,12-15,19H2,1-3H3/b11-10+. The summed E-state index contributed by atoms with van der Waals surface area (Å²) in [7, 11) is 5.17. The molecule has 1 saturated heterocycles. The molecule has 0 bridgehead atoms. The SMILES string of the molecule is COC(=O)/C=C/c1cccc(N(Cc2cccc3cc4cnn(C)c4c(F)c23)C(O)C2CCN(C)CC2)c1. The maximum absolute atomic E-state index is 15.9. The number of fused-ring (bicyclic) bond motifs is 2. The fourth-order valence-electron chi connectivity index (χ4n) is 5.40. The zero-order chi connectivity index (χ0) is 26.8. The Bertz CT molecular complexity index is 1490. The Kier molecular flexibility index (Phi) is 7.44. The van der Waals surface area contributed by atoms with E-state index >= 15 is 4.39 Å². The highest BCUT2D eigenvalue weighted by Crippen LogP contribution is 2.33. The minimum absolute atomic E-state index is 0.0732. The lowest BCUT2D eigenvalue weighted by molar-refractivity contribution is -0.134. The maximum atomic E-state index is 15.9. The first kappa shape index (κ1) is 25.9. The fraction of sp³-hybridized carbons (Fsp3) is 0.333. The van der Waals surface area contributed by atoms with E-state index in [0.29, 0.717) is 17.4 Å². The number of methoxy groups -OCH3 is 1. The molecule has 1 fully saturated rings. The van der Waals surface area contributed by atoms with Crippen LogP contribution in [0, 0.1) is 11.7 Å². The monoisotopic (exact) mass is 516 g/mol. The molecular weight excluding hydrogens is 483 g/mol. The van der Waals surface area contributed by atoms with Crippen LogP contribution < -0.4 is 4.90 Å². The highest BCUT2D eigenvalue weighted by atomic mass is 19.1. The number of anilines is 1. The number of piperidine rings is 1. The molecule has 0 aliphatic carbocycles. The van der Waals surface area contributed by atoms with Crippen molar-refractivity contribution in [3.05, 3.63) is 77.7 Å². The maximum Gasteiger partial charge on any atom is 0.330 e. The summed E-state index contributed by atoms with van der Waals surface area (Å²) in [5.74, 6) is -0.674. The van der Waals surface area contributed by atoms with Gasteiger partial charge in [0.25, 0.3) is 0 Å². The topological polar surface area (TPSA) is 70.8 Å². The van der Waals surface area contributed by atoms with Gasteiger partial charge in [0.05, 0.1) is 13.3 Å². The second-order valence-electron chi connectivity index (χ2n) is 10.0. The number of rotatable bonds is 7. The predicted molar refractivity (Wildman–Crippen MR) is 148 cm³/mol. The average Bonchev–Trinajstić information content (AvgIpc) is 3.31. The van der Waals surface area contributed by atoms with Crippen molar-refractivity contribution in [1.29, 1.82) is 0 Å². The number of benzene rings is 3. The number of carbonyl (C=O) groups excluding carboxylic acids is 1. The number of hydrogen-bond acceptors (Lipinski definition) is 6. The second kappa shape index (κ2) is 10.9. The number of likely N-dealkylation sites (tertiary alicyclic amines) is 1. The van der Waals surface area contributed by atoms with Crippen LogP contribution in [0.1, 0.15) is 24.0 Å². The Labute approximate surface area is 221 Å². The number of aliphatic hydroxyl groups excluding tert-OH is 1. The molecule has 8 heteroatoms. The average molecular weight is 517 g/mol. The molecule has 4 aromatic rings. The molecule has 0 spiro atoms. The highest BCUT2D eigenvalue weighted by Gasteiger charge is 2.29. The number of aryl methyl sites for hydroxylation is 1. The van der Waals surface area contributed by atoms with Crippen molar-refractivity contribution < 1.29 is 19.0 Å². The van der Waals surface area contributed by atoms with Crippen LogP contribution in [0.15, 0.2) is 60.8 Å². The number of aromatic nitrogens is 2. The Morgan fingerprint density at radius 2 is 1.95 bits per heavy atom. The van der Waals surface area contributed by atoms with Crippen LogP contribution in [0.4, 0.5) is 10.1 Å². The van der Waals surface area contributed by atoms with Crippen LogP contribution in [0.5, 0.6) is 0 Å². The van der Waals surface area contributed by atoms with Gasteiger partial charge in [-0.15, -0.1) is 0 Å². The van der Waals surface area contributed by atoms with Crippen LogP contribution >= 0.6 is 0 Å². The summed E-state index contributed by atoms with van der Waals surface area (Å²) in [5.41, 5.74) is 2.84. The number of carbonyl (C=O) groups is 1. The molecule has 2 heterocycles. The normalized spacial score (nSPS) is 15.9. The van der Waals surface area contributed by atoms with Crippen molar-refractivity contribution in [2.24, 2.45) is 13.0 Å². The molecule has 1 atom stereocenters. The van der Waals surface area contributed by atoms with Crippen LogP contribution in [0.25, 0.3) is 27.8 Å². The van der Waals surface area contributed by atoms with E-state index < -0.39 is 12.2 Å². The summed E-state index contributed by atoms with van der Waals surface area (Å²) in [6, 6.07) is 15.4. The van der Waals surface area contributed by atoms with Gasteiger partial charge in [-0.05, 0) is 73.8 Å². The molecule has 0 radical (unpaired) electrons. The van der Waals surface area contributed by atoms with Crippen molar-refractivity contribution in [3.63, 3.8) is 0 Å². The molecule has 1 aliphatic heterocycles. The van der Waals surface area contributed by atoms with Gasteiger partial charge < -0.3 is 19.6 Å². The van der Waals surface area contributed by atoms with Gasteiger partial charge in [0.2, 0.25) is 0 Å². The lowest BCUT2D eigenvalue weighted by Gasteiger charge is -2.39. The van der Waals surface area contributed by atoms with Crippen molar-refractivity contribution >= 4 is 39.4 Å². The molecule has 198 valence electrons. The summed E-state index contributed by atoms with van der Waals surface area (Å²) in [5, 5.41) is 18.0. The lowest BCUT2D eigenvalue weighted by Crippen LogP contribution is -2.45. The van der Waals surface area contributed by atoms with Crippen LogP contribution in [-0.2, 0) is 23.1 Å². The number of aliphatic hydroxyl groups is 1. The molecule has 1 aliphatic rings. The Balaban J connectivity index is 1.57. The Morgan fingerprint density at radius 3 is 2.71 bits per heavy atom. The molecule has 0 saturated carbocycles. The smallest absolute Gasteiger partial charge is 0.330 e. The molecule has 1 aromatic heterocycles. The van der Waals surface area contributed by atoms with Gasteiger partial charge in [0, 0.05) is 42.0 Å². The summed E-state index contributed by atoms with van der Waals surface area (Å²) in [6.45, 7) is 2.15. The van der Waals surface area contributed by atoms with E-state index in [1.165, 1.54) is 13.2 Å². The summed E-state index contributed by atoms with van der Waals surface area (Å²) in [4.78, 5) is 15.9. The van der Waals surface area contributed by atoms with E-state index in [4.69, 9.17) is 4.74 Å². The molecular formula is C30H33FN4O3. The Hall–Kier alpha value is -3.75. The van der Waals surface area contributed by atoms with Crippen molar-refractivity contribution in [3.8, 4) is 0 Å². The van der Waals surface area contributed by atoms with Gasteiger partial charge in [-0.25, -0.2) is 9.18 Å². The molecule has 3 aromatic carbocycles. The van der Waals surface area contributed by atoms with Crippen LogP contribution in [0.3, 0.4) is 0 Å². The molecule has 1 N–H and O–H groups in total. The van der Waals surface area contributed by atoms with Gasteiger partial charge >= 0.3 is 5.97 Å². The van der Waals surface area contributed by atoms with Crippen molar-refractivity contribution in [2.45, 2.75) is 25.6 Å². The minimum Gasteiger partial charge on any atom is -0.466 e. The van der Waals surface area contributed by atoms with E-state index in [1.54, 1.807) is 24.0 Å². The largest absolute Gasteiger partial charge is 0.466 e. The van der Waals surface area contributed by atoms with Crippen molar-refractivity contribution in [1.82, 2.24) is 14.7 Å². The zero-order valence-corrected chi connectivity index (χ0v) is 22.0.